The van der Waals surface area contributed by atoms with Crippen LogP contribution in [0.15, 0.2) is 0 Å². The summed E-state index contributed by atoms with van der Waals surface area (Å²) in [5, 5.41) is 13.5. The van der Waals surface area contributed by atoms with Crippen molar-refractivity contribution in [2.24, 2.45) is 0 Å². The number of hydrogen-bond acceptors (Lipinski definition) is 3. The van der Waals surface area contributed by atoms with Crippen LogP contribution in [0.2, 0.25) is 0 Å². The number of carboxylic acids is 1. The van der Waals surface area contributed by atoms with E-state index in [9.17, 15) is 14.7 Å². The summed E-state index contributed by atoms with van der Waals surface area (Å²) < 4.78 is 0.0991. The van der Waals surface area contributed by atoms with E-state index in [-0.39, 0.29) is 4.48 Å². The summed E-state index contributed by atoms with van der Waals surface area (Å²) in [4.78, 5) is 21.5. The lowest BCUT2D eigenvalue weighted by atomic mass is 10.0. The first-order valence-corrected chi connectivity index (χ1v) is 4.56. The highest BCUT2D eigenvalue weighted by molar-refractivity contribution is 5.77. The third-order valence-electron chi connectivity index (χ3n) is 2.39. The van der Waals surface area contributed by atoms with Crippen molar-refractivity contribution in [2.75, 3.05) is 21.1 Å². The third kappa shape index (κ3) is 2.23. The molecule has 0 fully saturated rings. The van der Waals surface area contributed by atoms with E-state index in [1.165, 1.54) is 0 Å². The van der Waals surface area contributed by atoms with E-state index in [1.807, 2.05) is 6.92 Å². The van der Waals surface area contributed by atoms with Crippen molar-refractivity contribution >= 4 is 12.4 Å². The van der Waals surface area contributed by atoms with Crippen molar-refractivity contribution in [3.05, 3.63) is 0 Å². The predicted molar refractivity (Wildman–Crippen MR) is 49.9 cm³/mol. The Balaban J connectivity index is 5.14. The summed E-state index contributed by atoms with van der Waals surface area (Å²) >= 11 is 0. The maximum Gasteiger partial charge on any atom is 0.214 e. The molecule has 0 aliphatic heterocycles. The van der Waals surface area contributed by atoms with E-state index in [0.717, 1.165) is 0 Å². The first-order chi connectivity index (χ1) is 6.31. The fourth-order valence-electron chi connectivity index (χ4n) is 1.50. The van der Waals surface area contributed by atoms with Crippen LogP contribution in [0.25, 0.3) is 0 Å². The lowest BCUT2D eigenvalue weighted by Crippen LogP contribution is -2.73. The standard InChI is InChI=1S/C9H18N2O3/c1-5-6-9(8(13)14,10-7-12)11(2,3)4/h7H,5-6H2,1-4H3,(H-,10,12,13,14). The molecule has 1 unspecified atom stereocenters. The fraction of sp³-hybridized carbons (Fsp3) is 0.778. The number of amides is 1. The minimum Gasteiger partial charge on any atom is -0.542 e. The number of likely N-dealkylation sites (N-methyl/N-ethyl adjacent to an activating group) is 1. The molecular weight excluding hydrogens is 184 g/mol. The zero-order valence-corrected chi connectivity index (χ0v) is 9.16. The van der Waals surface area contributed by atoms with Gasteiger partial charge >= 0.3 is 0 Å². The molecule has 0 aromatic rings. The first kappa shape index (κ1) is 12.9. The molecule has 0 aliphatic rings. The van der Waals surface area contributed by atoms with Gasteiger partial charge in [0.25, 0.3) is 0 Å². The summed E-state index contributed by atoms with van der Waals surface area (Å²) in [6.07, 6.45) is 1.41. The zero-order chi connectivity index (χ0) is 11.4. The van der Waals surface area contributed by atoms with Crippen molar-refractivity contribution in [1.82, 2.24) is 5.32 Å². The van der Waals surface area contributed by atoms with E-state index in [1.54, 1.807) is 21.1 Å². The molecule has 1 N–H and O–H groups in total. The Labute approximate surface area is 84.3 Å². The predicted octanol–water partition coefficient (Wildman–Crippen LogP) is -1.32. The molecule has 0 aromatic carbocycles. The number of quaternary nitrogens is 1. The summed E-state index contributed by atoms with van der Waals surface area (Å²) in [5.41, 5.74) is -1.34. The molecule has 0 saturated heterocycles. The second kappa shape index (κ2) is 4.41. The van der Waals surface area contributed by atoms with Gasteiger partial charge in [0.1, 0.15) is 5.97 Å². The van der Waals surface area contributed by atoms with Crippen LogP contribution in [0.5, 0.6) is 0 Å². The van der Waals surface area contributed by atoms with Crippen molar-refractivity contribution in [2.45, 2.75) is 25.4 Å². The molecule has 1 atom stereocenters. The average Bonchev–Trinajstić information content (AvgIpc) is 2.01. The Morgan fingerprint density at radius 3 is 2.21 bits per heavy atom. The molecule has 0 rings (SSSR count). The minimum absolute atomic E-state index is 0.0991. The number of nitrogens with zero attached hydrogens (tertiary/aromatic N) is 1. The van der Waals surface area contributed by atoms with Gasteiger partial charge in [-0.1, -0.05) is 6.92 Å². The van der Waals surface area contributed by atoms with Crippen LogP contribution in [0.3, 0.4) is 0 Å². The lowest BCUT2D eigenvalue weighted by molar-refractivity contribution is -0.919. The van der Waals surface area contributed by atoms with E-state index >= 15 is 0 Å². The Bertz CT molecular complexity index is 223. The van der Waals surface area contributed by atoms with Crippen molar-refractivity contribution in [3.8, 4) is 0 Å². The molecule has 0 saturated carbocycles. The molecule has 0 spiro atoms. The topological polar surface area (TPSA) is 69.2 Å². The van der Waals surface area contributed by atoms with Gasteiger partial charge in [-0.05, 0) is 6.42 Å². The highest BCUT2D eigenvalue weighted by atomic mass is 16.4. The zero-order valence-electron chi connectivity index (χ0n) is 9.16. The Hall–Kier alpha value is -1.10. The Morgan fingerprint density at radius 2 is 2.00 bits per heavy atom. The van der Waals surface area contributed by atoms with E-state index in [2.05, 4.69) is 5.32 Å². The highest BCUT2D eigenvalue weighted by Crippen LogP contribution is 2.20. The number of rotatable bonds is 6. The molecule has 0 aliphatic carbocycles. The summed E-state index contributed by atoms with van der Waals surface area (Å²) in [6, 6.07) is 0. The monoisotopic (exact) mass is 202 g/mol. The molecule has 0 radical (unpaired) electrons. The molecule has 14 heavy (non-hydrogen) atoms. The number of carbonyl (C=O) groups is 2. The minimum atomic E-state index is -1.34. The van der Waals surface area contributed by atoms with Crippen LogP contribution in [-0.2, 0) is 9.59 Å². The van der Waals surface area contributed by atoms with Crippen molar-refractivity contribution in [3.63, 3.8) is 0 Å². The number of carbonyl (C=O) groups excluding carboxylic acids is 2. The van der Waals surface area contributed by atoms with Crippen LogP contribution in [0.1, 0.15) is 19.8 Å². The first-order valence-electron chi connectivity index (χ1n) is 4.56. The maximum atomic E-state index is 11.1. The van der Waals surface area contributed by atoms with Gasteiger partial charge in [-0.3, -0.25) is 4.79 Å². The molecule has 82 valence electrons. The molecule has 1 amide bonds. The van der Waals surface area contributed by atoms with Crippen LogP contribution in [0.4, 0.5) is 0 Å². The fourth-order valence-corrected chi connectivity index (χ4v) is 1.50. The molecule has 0 heterocycles. The summed E-state index contributed by atoms with van der Waals surface area (Å²) in [6.45, 7) is 1.86. The van der Waals surface area contributed by atoms with E-state index in [0.29, 0.717) is 19.3 Å². The third-order valence-corrected chi connectivity index (χ3v) is 2.39. The van der Waals surface area contributed by atoms with Crippen LogP contribution in [0, 0.1) is 0 Å². The maximum absolute atomic E-state index is 11.1. The van der Waals surface area contributed by atoms with Gasteiger partial charge in [-0.2, -0.15) is 0 Å². The summed E-state index contributed by atoms with van der Waals surface area (Å²) in [7, 11) is 5.13. The van der Waals surface area contributed by atoms with E-state index < -0.39 is 11.6 Å². The van der Waals surface area contributed by atoms with Crippen molar-refractivity contribution in [1.29, 1.82) is 0 Å². The molecule has 5 heteroatoms. The molecule has 5 nitrogen and oxygen atoms in total. The number of aliphatic carboxylic acids is 1. The van der Waals surface area contributed by atoms with Crippen LogP contribution in [-0.4, -0.2) is 43.7 Å². The quantitative estimate of drug-likeness (QED) is 0.330. The van der Waals surface area contributed by atoms with Gasteiger partial charge in [0, 0.05) is 6.42 Å². The number of carboxylic acid groups (broad SMARTS) is 1. The second-order valence-corrected chi connectivity index (χ2v) is 4.17. The normalized spacial score (nSPS) is 15.7. The molecular formula is C9H18N2O3. The molecule has 0 bridgehead atoms. The van der Waals surface area contributed by atoms with Crippen LogP contribution >= 0.6 is 0 Å². The number of hydrogen-bond donors (Lipinski definition) is 1. The smallest absolute Gasteiger partial charge is 0.214 e. The van der Waals surface area contributed by atoms with Crippen LogP contribution < -0.4 is 10.4 Å². The SMILES string of the molecule is CCCC(NC=O)(C(=O)[O-])[N+](C)(C)C. The largest absolute Gasteiger partial charge is 0.542 e. The molecule has 0 aromatic heterocycles. The second-order valence-electron chi connectivity index (χ2n) is 4.17. The van der Waals surface area contributed by atoms with Gasteiger partial charge in [0.15, 0.2) is 0 Å². The Kier molecular flexibility index (Phi) is 4.07. The van der Waals surface area contributed by atoms with Gasteiger partial charge in [0.05, 0.1) is 21.1 Å². The summed E-state index contributed by atoms with van der Waals surface area (Å²) in [5.74, 6) is -1.25. The van der Waals surface area contributed by atoms with Gasteiger partial charge < -0.3 is 19.7 Å². The van der Waals surface area contributed by atoms with Crippen molar-refractivity contribution < 1.29 is 19.2 Å². The lowest BCUT2D eigenvalue weighted by Gasteiger charge is -2.45. The van der Waals surface area contributed by atoms with Gasteiger partial charge in [0.2, 0.25) is 12.1 Å². The van der Waals surface area contributed by atoms with Gasteiger partial charge in [-0.25, -0.2) is 0 Å². The Morgan fingerprint density at radius 1 is 1.50 bits per heavy atom. The van der Waals surface area contributed by atoms with E-state index in [4.69, 9.17) is 0 Å². The average molecular weight is 202 g/mol. The van der Waals surface area contributed by atoms with Gasteiger partial charge in [-0.15, -0.1) is 0 Å². The highest BCUT2D eigenvalue weighted by Gasteiger charge is 2.43. The number of nitrogens with one attached hydrogen (secondary N) is 1.